The van der Waals surface area contributed by atoms with Gasteiger partial charge in [-0.05, 0) is 36.5 Å². The predicted octanol–water partition coefficient (Wildman–Crippen LogP) is 2.93. The number of imidazole rings is 1. The highest BCUT2D eigenvalue weighted by atomic mass is 35.5. The van der Waals surface area contributed by atoms with Gasteiger partial charge in [-0.3, -0.25) is 0 Å². The Balaban J connectivity index is 2.07. The Bertz CT molecular complexity index is 546. The fourth-order valence-corrected chi connectivity index (χ4v) is 2.36. The molecular formula is C12H14ClN3. The van der Waals surface area contributed by atoms with Gasteiger partial charge in [0, 0.05) is 11.6 Å². The van der Waals surface area contributed by atoms with Crippen LogP contribution in [-0.4, -0.2) is 9.55 Å². The van der Waals surface area contributed by atoms with Crippen LogP contribution < -0.4 is 5.73 Å². The van der Waals surface area contributed by atoms with Gasteiger partial charge in [0.05, 0.1) is 11.0 Å². The second-order valence-corrected chi connectivity index (χ2v) is 5.12. The number of halogens is 1. The summed E-state index contributed by atoms with van der Waals surface area (Å²) in [6, 6.07) is 5.70. The SMILES string of the molecule is CC1CC1Cn1c(N)nc2ccc(Cl)cc21. The maximum Gasteiger partial charge on any atom is 0.201 e. The molecule has 2 aromatic rings. The maximum absolute atomic E-state index is 6.00. The second kappa shape index (κ2) is 3.39. The van der Waals surface area contributed by atoms with Gasteiger partial charge in [-0.1, -0.05) is 18.5 Å². The van der Waals surface area contributed by atoms with Crippen molar-refractivity contribution in [3.8, 4) is 0 Å². The third kappa shape index (κ3) is 1.55. The van der Waals surface area contributed by atoms with E-state index >= 15 is 0 Å². The molecule has 1 aromatic heterocycles. The van der Waals surface area contributed by atoms with Crippen LogP contribution in [0.25, 0.3) is 11.0 Å². The van der Waals surface area contributed by atoms with E-state index in [1.54, 1.807) is 0 Å². The zero-order chi connectivity index (χ0) is 11.3. The fraction of sp³-hybridized carbons (Fsp3) is 0.417. The summed E-state index contributed by atoms with van der Waals surface area (Å²) in [4.78, 5) is 4.34. The van der Waals surface area contributed by atoms with E-state index in [-0.39, 0.29) is 0 Å². The number of fused-ring (bicyclic) bond motifs is 1. The van der Waals surface area contributed by atoms with Crippen molar-refractivity contribution >= 4 is 28.6 Å². The third-order valence-corrected chi connectivity index (χ3v) is 3.67. The van der Waals surface area contributed by atoms with Crippen molar-refractivity contribution in [3.63, 3.8) is 0 Å². The van der Waals surface area contributed by atoms with Gasteiger partial charge in [-0.2, -0.15) is 0 Å². The lowest BCUT2D eigenvalue weighted by atomic mass is 10.3. The zero-order valence-electron chi connectivity index (χ0n) is 9.15. The highest BCUT2D eigenvalue weighted by Gasteiger charge is 2.33. The third-order valence-electron chi connectivity index (χ3n) is 3.43. The van der Waals surface area contributed by atoms with E-state index < -0.39 is 0 Å². The lowest BCUT2D eigenvalue weighted by Crippen LogP contribution is -2.05. The second-order valence-electron chi connectivity index (χ2n) is 4.69. The number of nitrogens with zero attached hydrogens (tertiary/aromatic N) is 2. The van der Waals surface area contributed by atoms with Crippen LogP contribution in [-0.2, 0) is 6.54 Å². The van der Waals surface area contributed by atoms with E-state index in [0.717, 1.165) is 34.4 Å². The van der Waals surface area contributed by atoms with E-state index in [9.17, 15) is 0 Å². The van der Waals surface area contributed by atoms with Gasteiger partial charge >= 0.3 is 0 Å². The van der Waals surface area contributed by atoms with Crippen molar-refractivity contribution in [1.82, 2.24) is 9.55 Å². The molecule has 1 aromatic carbocycles. The molecule has 1 saturated carbocycles. The van der Waals surface area contributed by atoms with Gasteiger partial charge < -0.3 is 10.3 Å². The average Bonchev–Trinajstić information content (AvgIpc) is 2.84. The Hall–Kier alpha value is -1.22. The van der Waals surface area contributed by atoms with Crippen molar-refractivity contribution in [2.24, 2.45) is 11.8 Å². The Morgan fingerprint density at radius 1 is 1.56 bits per heavy atom. The normalized spacial score (nSPS) is 23.9. The summed E-state index contributed by atoms with van der Waals surface area (Å²) in [6.45, 7) is 3.23. The molecule has 0 amide bonds. The smallest absolute Gasteiger partial charge is 0.201 e. The first kappa shape index (κ1) is 9.97. The Labute approximate surface area is 99.2 Å². The molecule has 2 atom stereocenters. The fourth-order valence-electron chi connectivity index (χ4n) is 2.19. The molecule has 3 rings (SSSR count). The number of aromatic nitrogens is 2. The van der Waals surface area contributed by atoms with Crippen LogP contribution in [0.5, 0.6) is 0 Å². The monoisotopic (exact) mass is 235 g/mol. The van der Waals surface area contributed by atoms with E-state index in [1.807, 2.05) is 18.2 Å². The summed E-state index contributed by atoms with van der Waals surface area (Å²) < 4.78 is 2.08. The highest BCUT2D eigenvalue weighted by Crippen LogP contribution is 2.40. The van der Waals surface area contributed by atoms with Gasteiger partial charge in [-0.15, -0.1) is 0 Å². The van der Waals surface area contributed by atoms with Crippen molar-refractivity contribution in [3.05, 3.63) is 23.2 Å². The minimum Gasteiger partial charge on any atom is -0.369 e. The van der Waals surface area contributed by atoms with Crippen LogP contribution in [0.15, 0.2) is 18.2 Å². The largest absolute Gasteiger partial charge is 0.369 e. The summed E-state index contributed by atoms with van der Waals surface area (Å²) >= 11 is 6.00. The van der Waals surface area contributed by atoms with E-state index in [0.29, 0.717) is 5.95 Å². The summed E-state index contributed by atoms with van der Waals surface area (Å²) in [5, 5.41) is 0.734. The topological polar surface area (TPSA) is 43.8 Å². The number of benzene rings is 1. The van der Waals surface area contributed by atoms with Crippen LogP contribution in [0.1, 0.15) is 13.3 Å². The van der Waals surface area contributed by atoms with Gasteiger partial charge in [0.2, 0.25) is 5.95 Å². The van der Waals surface area contributed by atoms with Gasteiger partial charge in [0.15, 0.2) is 0 Å². The molecular weight excluding hydrogens is 222 g/mol. The summed E-state index contributed by atoms with van der Waals surface area (Å²) in [5.41, 5.74) is 7.91. The number of hydrogen-bond acceptors (Lipinski definition) is 2. The number of nitrogen functional groups attached to an aromatic ring is 1. The van der Waals surface area contributed by atoms with Crippen LogP contribution >= 0.6 is 11.6 Å². The standard InChI is InChI=1S/C12H14ClN3/c1-7-4-8(7)6-16-11-5-9(13)2-3-10(11)15-12(16)14/h2-3,5,7-8H,4,6H2,1H3,(H2,14,15). The minimum absolute atomic E-state index is 0.594. The molecule has 0 bridgehead atoms. The predicted molar refractivity (Wildman–Crippen MR) is 66.4 cm³/mol. The quantitative estimate of drug-likeness (QED) is 0.870. The molecule has 3 nitrogen and oxygen atoms in total. The first-order valence-electron chi connectivity index (χ1n) is 5.56. The summed E-state index contributed by atoms with van der Waals surface area (Å²) in [6.07, 6.45) is 1.29. The number of nitrogens with two attached hydrogens (primary N) is 1. The molecule has 0 aliphatic heterocycles. The number of hydrogen-bond donors (Lipinski definition) is 1. The average molecular weight is 236 g/mol. The molecule has 1 fully saturated rings. The van der Waals surface area contributed by atoms with Crippen LogP contribution in [0.2, 0.25) is 5.02 Å². The Morgan fingerprint density at radius 3 is 3.00 bits per heavy atom. The maximum atomic E-state index is 6.00. The van der Waals surface area contributed by atoms with E-state index in [4.69, 9.17) is 17.3 Å². The van der Waals surface area contributed by atoms with Gasteiger partial charge in [0.1, 0.15) is 0 Å². The molecule has 2 unspecified atom stereocenters. The molecule has 1 heterocycles. The van der Waals surface area contributed by atoms with Gasteiger partial charge in [0.25, 0.3) is 0 Å². The van der Waals surface area contributed by atoms with Crippen LogP contribution in [0.4, 0.5) is 5.95 Å². The van der Waals surface area contributed by atoms with Crippen LogP contribution in [0.3, 0.4) is 0 Å². The summed E-state index contributed by atoms with van der Waals surface area (Å²) in [7, 11) is 0. The zero-order valence-corrected chi connectivity index (χ0v) is 9.91. The summed E-state index contributed by atoms with van der Waals surface area (Å²) in [5.74, 6) is 2.16. The Morgan fingerprint density at radius 2 is 2.31 bits per heavy atom. The molecule has 2 N–H and O–H groups in total. The molecule has 0 spiro atoms. The van der Waals surface area contributed by atoms with Crippen LogP contribution in [0, 0.1) is 11.8 Å². The molecule has 0 radical (unpaired) electrons. The molecule has 1 aliphatic rings. The Kier molecular flexibility index (Phi) is 2.11. The molecule has 16 heavy (non-hydrogen) atoms. The first-order valence-corrected chi connectivity index (χ1v) is 5.94. The van der Waals surface area contributed by atoms with E-state index in [2.05, 4.69) is 16.5 Å². The lowest BCUT2D eigenvalue weighted by Gasteiger charge is -2.05. The lowest BCUT2D eigenvalue weighted by molar-refractivity contribution is 0.613. The number of anilines is 1. The van der Waals surface area contributed by atoms with Crippen molar-refractivity contribution in [2.45, 2.75) is 19.9 Å². The molecule has 1 aliphatic carbocycles. The van der Waals surface area contributed by atoms with Crippen molar-refractivity contribution in [2.75, 3.05) is 5.73 Å². The van der Waals surface area contributed by atoms with Crippen molar-refractivity contribution < 1.29 is 0 Å². The number of rotatable bonds is 2. The van der Waals surface area contributed by atoms with E-state index in [1.165, 1.54) is 6.42 Å². The van der Waals surface area contributed by atoms with Crippen molar-refractivity contribution in [1.29, 1.82) is 0 Å². The highest BCUT2D eigenvalue weighted by molar-refractivity contribution is 6.31. The van der Waals surface area contributed by atoms with Gasteiger partial charge in [-0.25, -0.2) is 4.98 Å². The molecule has 0 saturated heterocycles. The molecule has 4 heteroatoms. The molecule has 84 valence electrons. The first-order chi connectivity index (χ1) is 7.65. The minimum atomic E-state index is 0.594.